The molecule has 0 saturated heterocycles. The highest BCUT2D eigenvalue weighted by Crippen LogP contribution is 2.40. The van der Waals surface area contributed by atoms with E-state index < -0.39 is 47.5 Å². The van der Waals surface area contributed by atoms with Gasteiger partial charge in [0.25, 0.3) is 0 Å². The van der Waals surface area contributed by atoms with Gasteiger partial charge in [-0.15, -0.1) is 0 Å². The van der Waals surface area contributed by atoms with Crippen LogP contribution in [0, 0.1) is 0 Å². The fourth-order valence-corrected chi connectivity index (χ4v) is 1.48. The molecule has 0 N–H and O–H groups in total. The molecule has 0 aromatic heterocycles. The Morgan fingerprint density at radius 1 is 0.864 bits per heavy atom. The lowest BCUT2D eigenvalue weighted by atomic mass is 10.0. The summed E-state index contributed by atoms with van der Waals surface area (Å²) in [4.78, 5) is 11.1. The number of hydrogen-bond donors (Lipinski definition) is 0. The van der Waals surface area contributed by atoms with E-state index in [0.717, 1.165) is 6.92 Å². The molecule has 0 spiro atoms. The summed E-state index contributed by atoms with van der Waals surface area (Å²) in [7, 11) is 0. The fraction of sp³-hybridized carbons (Fsp3) is 0.417. The number of carbonyl (C=O) groups is 1. The molecule has 0 bridgehead atoms. The lowest BCUT2D eigenvalue weighted by molar-refractivity contribution is -0.173. The van der Waals surface area contributed by atoms with Crippen LogP contribution in [-0.2, 0) is 27.8 Å². The summed E-state index contributed by atoms with van der Waals surface area (Å²) in [6.45, 7) is 0.640. The molecule has 0 fully saturated rings. The second-order valence-electron chi connectivity index (χ2n) is 4.09. The Balaban J connectivity index is 3.51. The molecular formula is C12H8F8O2. The molecular weight excluding hydrogens is 328 g/mol. The lowest BCUT2D eigenvalue weighted by Gasteiger charge is -2.19. The first-order valence-corrected chi connectivity index (χ1v) is 5.65. The van der Waals surface area contributed by atoms with Gasteiger partial charge >= 0.3 is 24.2 Å². The van der Waals surface area contributed by atoms with Gasteiger partial charge in [-0.3, -0.25) is 0 Å². The van der Waals surface area contributed by atoms with E-state index in [2.05, 4.69) is 4.74 Å². The van der Waals surface area contributed by atoms with Crippen LogP contribution < -0.4 is 0 Å². The van der Waals surface area contributed by atoms with E-state index in [1.54, 1.807) is 0 Å². The van der Waals surface area contributed by atoms with Gasteiger partial charge in [0.1, 0.15) is 0 Å². The molecule has 0 aliphatic rings. The molecule has 10 heteroatoms. The van der Waals surface area contributed by atoms with E-state index in [4.69, 9.17) is 0 Å². The van der Waals surface area contributed by atoms with Crippen LogP contribution in [0.2, 0.25) is 0 Å². The van der Waals surface area contributed by atoms with E-state index in [9.17, 15) is 39.9 Å². The molecule has 0 radical (unpaired) electrons. The van der Waals surface area contributed by atoms with E-state index >= 15 is 0 Å². The third kappa shape index (κ3) is 3.86. The van der Waals surface area contributed by atoms with Crippen molar-refractivity contribution >= 4 is 5.97 Å². The SMILES string of the molecule is CCOC(=O)C(F)(F)c1cc(C(F)(F)F)cc(C(F)(F)F)c1. The van der Waals surface area contributed by atoms with Crippen LogP contribution in [0.25, 0.3) is 0 Å². The third-order valence-electron chi connectivity index (χ3n) is 2.48. The zero-order valence-electron chi connectivity index (χ0n) is 10.8. The molecule has 1 aromatic carbocycles. The molecule has 1 rings (SSSR count). The highest BCUT2D eigenvalue weighted by atomic mass is 19.4. The Morgan fingerprint density at radius 3 is 1.55 bits per heavy atom. The molecule has 2 nitrogen and oxygen atoms in total. The van der Waals surface area contributed by atoms with Gasteiger partial charge in [-0.2, -0.15) is 35.1 Å². The van der Waals surface area contributed by atoms with Crippen molar-refractivity contribution in [2.45, 2.75) is 25.2 Å². The number of benzene rings is 1. The van der Waals surface area contributed by atoms with Crippen molar-refractivity contribution in [3.63, 3.8) is 0 Å². The van der Waals surface area contributed by atoms with Crippen LogP contribution in [0.5, 0.6) is 0 Å². The van der Waals surface area contributed by atoms with Gasteiger partial charge in [0.15, 0.2) is 0 Å². The quantitative estimate of drug-likeness (QED) is 0.605. The molecule has 0 aliphatic heterocycles. The van der Waals surface area contributed by atoms with Gasteiger partial charge < -0.3 is 4.74 Å². The van der Waals surface area contributed by atoms with Crippen LogP contribution in [0.4, 0.5) is 35.1 Å². The highest BCUT2D eigenvalue weighted by molar-refractivity contribution is 5.79. The zero-order chi connectivity index (χ0) is 17.3. The van der Waals surface area contributed by atoms with E-state index in [1.807, 2.05) is 0 Å². The summed E-state index contributed by atoms with van der Waals surface area (Å²) >= 11 is 0. The minimum atomic E-state index is -5.29. The molecule has 22 heavy (non-hydrogen) atoms. The number of ether oxygens (including phenoxy) is 1. The van der Waals surface area contributed by atoms with Crippen molar-refractivity contribution in [3.05, 3.63) is 34.9 Å². The van der Waals surface area contributed by atoms with Crippen molar-refractivity contribution < 1.29 is 44.7 Å². The van der Waals surface area contributed by atoms with Crippen LogP contribution in [0.1, 0.15) is 23.6 Å². The summed E-state index contributed by atoms with van der Waals surface area (Å²) in [5, 5.41) is 0. The lowest BCUT2D eigenvalue weighted by Crippen LogP contribution is -2.29. The Hall–Kier alpha value is -1.87. The van der Waals surface area contributed by atoms with Gasteiger partial charge in [-0.05, 0) is 25.1 Å². The third-order valence-corrected chi connectivity index (χ3v) is 2.48. The minimum absolute atomic E-state index is 0.216. The Bertz CT molecular complexity index is 527. The van der Waals surface area contributed by atoms with Crippen LogP contribution in [0.3, 0.4) is 0 Å². The zero-order valence-corrected chi connectivity index (χ0v) is 10.8. The van der Waals surface area contributed by atoms with Crippen LogP contribution in [0.15, 0.2) is 18.2 Å². The average Bonchev–Trinajstić information content (AvgIpc) is 2.36. The normalized spacial score (nSPS) is 13.1. The summed E-state index contributed by atoms with van der Waals surface area (Å²) in [6, 6.07) is -0.747. The Morgan fingerprint density at radius 2 is 1.23 bits per heavy atom. The van der Waals surface area contributed by atoms with Crippen molar-refractivity contribution in [1.29, 1.82) is 0 Å². The van der Waals surface area contributed by atoms with Gasteiger partial charge in [-0.25, -0.2) is 4.79 Å². The molecule has 0 saturated carbocycles. The molecule has 0 heterocycles. The number of alkyl halides is 8. The maximum Gasteiger partial charge on any atom is 0.416 e. The van der Waals surface area contributed by atoms with Crippen molar-refractivity contribution in [1.82, 2.24) is 0 Å². The summed E-state index contributed by atoms with van der Waals surface area (Å²) in [6.07, 6.45) is -10.6. The molecule has 124 valence electrons. The highest BCUT2D eigenvalue weighted by Gasteiger charge is 2.46. The second kappa shape index (κ2) is 5.73. The first-order valence-electron chi connectivity index (χ1n) is 5.65. The predicted molar refractivity (Wildman–Crippen MR) is 57.0 cm³/mol. The largest absolute Gasteiger partial charge is 0.461 e. The smallest absolute Gasteiger partial charge is 0.416 e. The predicted octanol–water partition coefficient (Wildman–Crippen LogP) is 4.38. The van der Waals surface area contributed by atoms with E-state index in [1.165, 1.54) is 0 Å². The van der Waals surface area contributed by atoms with Crippen LogP contribution >= 0.6 is 0 Å². The number of rotatable bonds is 3. The van der Waals surface area contributed by atoms with Gasteiger partial charge in [-0.1, -0.05) is 0 Å². The summed E-state index contributed by atoms with van der Waals surface area (Å²) in [5.74, 6) is -6.88. The summed E-state index contributed by atoms with van der Waals surface area (Å²) < 4.78 is 107. The molecule has 0 aliphatic carbocycles. The number of carbonyl (C=O) groups excluding carboxylic acids is 1. The van der Waals surface area contributed by atoms with Gasteiger partial charge in [0.2, 0.25) is 0 Å². The van der Waals surface area contributed by atoms with Crippen LogP contribution in [-0.4, -0.2) is 12.6 Å². The molecule has 0 atom stereocenters. The van der Waals surface area contributed by atoms with E-state index in [-0.39, 0.29) is 18.2 Å². The Kier molecular flexibility index (Phi) is 4.73. The first-order chi connectivity index (χ1) is 9.80. The van der Waals surface area contributed by atoms with Crippen molar-refractivity contribution in [3.8, 4) is 0 Å². The summed E-state index contributed by atoms with van der Waals surface area (Å²) in [5.41, 5.74) is -5.63. The molecule has 0 unspecified atom stereocenters. The van der Waals surface area contributed by atoms with Crippen molar-refractivity contribution in [2.24, 2.45) is 0 Å². The van der Waals surface area contributed by atoms with Gasteiger partial charge in [0.05, 0.1) is 17.7 Å². The topological polar surface area (TPSA) is 26.3 Å². The number of esters is 1. The van der Waals surface area contributed by atoms with Crippen molar-refractivity contribution in [2.75, 3.05) is 6.61 Å². The number of halogens is 8. The second-order valence-corrected chi connectivity index (χ2v) is 4.09. The van der Waals surface area contributed by atoms with Gasteiger partial charge in [0, 0.05) is 5.56 Å². The maximum absolute atomic E-state index is 13.7. The fourth-order valence-electron chi connectivity index (χ4n) is 1.48. The minimum Gasteiger partial charge on any atom is -0.461 e. The molecule has 1 aromatic rings. The maximum atomic E-state index is 13.7. The Labute approximate surface area is 118 Å². The monoisotopic (exact) mass is 336 g/mol. The standard InChI is InChI=1S/C12H8F8O2/c1-2-22-9(21)10(13,14)6-3-7(11(15,16)17)5-8(4-6)12(18,19)20/h3-5H,2H2,1H3. The molecule has 0 amide bonds. The number of hydrogen-bond acceptors (Lipinski definition) is 2. The van der Waals surface area contributed by atoms with E-state index in [0.29, 0.717) is 0 Å². The average molecular weight is 336 g/mol. The first kappa shape index (κ1) is 18.2.